The molecule has 2 atom stereocenters. The quantitative estimate of drug-likeness (QED) is 0.857. The van der Waals surface area contributed by atoms with Crippen LogP contribution in [0.2, 0.25) is 0 Å². The van der Waals surface area contributed by atoms with Gasteiger partial charge >= 0.3 is 6.18 Å². The summed E-state index contributed by atoms with van der Waals surface area (Å²) in [6.07, 6.45) is -5.00. The molecule has 1 amide bonds. The highest BCUT2D eigenvalue weighted by atomic mass is 32.2. The van der Waals surface area contributed by atoms with Crippen LogP contribution in [0, 0.1) is 5.92 Å². The molecular weight excluding hydrogens is 265 g/mol. The second-order valence-electron chi connectivity index (χ2n) is 4.54. The predicted molar refractivity (Wildman–Crippen MR) is 66.3 cm³/mol. The molecule has 0 spiro atoms. The number of nitrogens with zero attached hydrogens (tertiary/aromatic N) is 1. The zero-order valence-corrected chi connectivity index (χ0v) is 11.2. The van der Waals surface area contributed by atoms with Gasteiger partial charge in [-0.05, 0) is 13.0 Å². The summed E-state index contributed by atoms with van der Waals surface area (Å²) in [7, 11) is 0. The summed E-state index contributed by atoms with van der Waals surface area (Å²) < 4.78 is 38.0. The van der Waals surface area contributed by atoms with E-state index in [0.29, 0.717) is 18.3 Å². The van der Waals surface area contributed by atoms with Gasteiger partial charge in [0.05, 0.1) is 5.92 Å². The molecule has 1 saturated heterocycles. The number of alkyl halides is 3. The first-order chi connectivity index (χ1) is 8.34. The van der Waals surface area contributed by atoms with E-state index < -0.39 is 24.4 Å². The van der Waals surface area contributed by atoms with Crippen LogP contribution in [-0.4, -0.2) is 47.6 Å². The van der Waals surface area contributed by atoms with Crippen LogP contribution in [0.3, 0.4) is 0 Å². The second kappa shape index (κ2) is 6.65. The van der Waals surface area contributed by atoms with Crippen molar-refractivity contribution in [2.24, 2.45) is 11.7 Å². The van der Waals surface area contributed by atoms with Gasteiger partial charge in [-0.15, -0.1) is 0 Å². The third-order valence-corrected chi connectivity index (χ3v) is 4.13. The fourth-order valence-electron chi connectivity index (χ4n) is 1.97. The molecule has 3 nitrogen and oxygen atoms in total. The summed E-state index contributed by atoms with van der Waals surface area (Å²) >= 11 is 1.74. The molecule has 1 aliphatic rings. The van der Waals surface area contributed by atoms with Crippen LogP contribution in [0.5, 0.6) is 0 Å². The maximum absolute atomic E-state index is 12.7. The van der Waals surface area contributed by atoms with Crippen LogP contribution in [0.15, 0.2) is 0 Å². The molecule has 0 aliphatic carbocycles. The Kier molecular flexibility index (Phi) is 5.78. The minimum Gasteiger partial charge on any atom is -0.341 e. The minimum absolute atomic E-state index is 0.0519. The van der Waals surface area contributed by atoms with Gasteiger partial charge in [0.2, 0.25) is 5.91 Å². The molecule has 0 aromatic heterocycles. The molecule has 0 aromatic carbocycles. The number of thioether (sulfide) groups is 1. The summed E-state index contributed by atoms with van der Waals surface area (Å²) in [4.78, 5) is 13.4. The summed E-state index contributed by atoms with van der Waals surface area (Å²) in [5.41, 5.74) is 5.17. The maximum Gasteiger partial charge on any atom is 0.392 e. The summed E-state index contributed by atoms with van der Waals surface area (Å²) in [6, 6.07) is 0. The predicted octanol–water partition coefficient (Wildman–Crippen LogP) is 1.87. The number of amides is 1. The van der Waals surface area contributed by atoms with Crippen molar-refractivity contribution in [3.05, 3.63) is 0 Å². The summed E-state index contributed by atoms with van der Waals surface area (Å²) in [5.74, 6) is -1.22. The lowest BCUT2D eigenvalue weighted by Gasteiger charge is -2.32. The van der Waals surface area contributed by atoms with Gasteiger partial charge in [-0.3, -0.25) is 4.79 Å². The van der Waals surface area contributed by atoms with Crippen molar-refractivity contribution >= 4 is 17.7 Å². The highest BCUT2D eigenvalue weighted by molar-refractivity contribution is 7.99. The van der Waals surface area contributed by atoms with Gasteiger partial charge in [-0.2, -0.15) is 24.9 Å². The van der Waals surface area contributed by atoms with E-state index >= 15 is 0 Å². The summed E-state index contributed by atoms with van der Waals surface area (Å²) in [5, 5.41) is 0.293. The molecule has 1 rings (SSSR count). The first-order valence-electron chi connectivity index (χ1n) is 6.00. The van der Waals surface area contributed by atoms with Gasteiger partial charge in [0.25, 0.3) is 0 Å². The van der Waals surface area contributed by atoms with Gasteiger partial charge in [-0.1, -0.05) is 6.92 Å². The van der Waals surface area contributed by atoms with Crippen molar-refractivity contribution in [3.63, 3.8) is 0 Å². The number of nitrogens with two attached hydrogens (primary N) is 1. The van der Waals surface area contributed by atoms with Crippen molar-refractivity contribution in [1.29, 1.82) is 0 Å². The van der Waals surface area contributed by atoms with E-state index in [1.54, 1.807) is 11.8 Å². The van der Waals surface area contributed by atoms with Crippen LogP contribution in [-0.2, 0) is 4.79 Å². The van der Waals surface area contributed by atoms with Crippen LogP contribution in [0.1, 0.15) is 19.8 Å². The maximum atomic E-state index is 12.7. The zero-order valence-electron chi connectivity index (χ0n) is 10.4. The van der Waals surface area contributed by atoms with Gasteiger partial charge < -0.3 is 10.6 Å². The third kappa shape index (κ3) is 4.68. The van der Waals surface area contributed by atoms with Crippen LogP contribution < -0.4 is 5.73 Å². The number of halogens is 3. The first kappa shape index (κ1) is 15.6. The van der Waals surface area contributed by atoms with Gasteiger partial charge in [0.15, 0.2) is 0 Å². The second-order valence-corrected chi connectivity index (χ2v) is 6.09. The Balaban J connectivity index is 2.55. The van der Waals surface area contributed by atoms with Gasteiger partial charge in [-0.25, -0.2) is 0 Å². The first-order valence-corrected chi connectivity index (χ1v) is 7.05. The number of carbonyl (C=O) groups is 1. The van der Waals surface area contributed by atoms with Gasteiger partial charge in [0.1, 0.15) is 0 Å². The molecule has 2 N–H and O–H groups in total. The van der Waals surface area contributed by atoms with Crippen LogP contribution in [0.25, 0.3) is 0 Å². The normalized spacial score (nSPS) is 22.9. The average Bonchev–Trinajstić information content (AvgIpc) is 2.27. The largest absolute Gasteiger partial charge is 0.392 e. The molecule has 0 saturated carbocycles. The highest BCUT2D eigenvalue weighted by Gasteiger charge is 2.41. The molecule has 18 heavy (non-hydrogen) atoms. The van der Waals surface area contributed by atoms with E-state index in [-0.39, 0.29) is 13.0 Å². The van der Waals surface area contributed by atoms with Crippen molar-refractivity contribution < 1.29 is 18.0 Å². The van der Waals surface area contributed by atoms with E-state index in [4.69, 9.17) is 5.73 Å². The van der Waals surface area contributed by atoms with E-state index in [1.807, 2.05) is 6.92 Å². The topological polar surface area (TPSA) is 46.3 Å². The van der Waals surface area contributed by atoms with Crippen molar-refractivity contribution in [2.45, 2.75) is 31.2 Å². The molecule has 106 valence electrons. The Bertz CT molecular complexity index is 286. The number of rotatable bonds is 4. The monoisotopic (exact) mass is 284 g/mol. The molecule has 0 bridgehead atoms. The third-order valence-electron chi connectivity index (χ3n) is 2.99. The fraction of sp³-hybridized carbons (Fsp3) is 0.909. The molecule has 2 unspecified atom stereocenters. The van der Waals surface area contributed by atoms with Crippen molar-refractivity contribution in [2.75, 3.05) is 25.4 Å². The number of hydrogen-bond acceptors (Lipinski definition) is 3. The smallest absolute Gasteiger partial charge is 0.341 e. The van der Waals surface area contributed by atoms with Gasteiger partial charge in [0, 0.05) is 30.5 Å². The fourth-order valence-corrected chi connectivity index (χ4v) is 2.98. The lowest BCUT2D eigenvalue weighted by molar-refractivity contribution is -0.182. The Morgan fingerprint density at radius 2 is 2.22 bits per heavy atom. The van der Waals surface area contributed by atoms with Crippen molar-refractivity contribution in [3.8, 4) is 0 Å². The molecule has 0 radical (unpaired) electrons. The molecule has 0 aromatic rings. The SMILES string of the molecule is CC1CN(C(=O)CC(CCN)C(F)(F)F)CCS1. The van der Waals surface area contributed by atoms with E-state index in [1.165, 1.54) is 4.90 Å². The lowest BCUT2D eigenvalue weighted by atomic mass is 10.00. The average molecular weight is 284 g/mol. The van der Waals surface area contributed by atoms with Crippen LogP contribution in [0.4, 0.5) is 13.2 Å². The molecule has 1 heterocycles. The molecule has 7 heteroatoms. The Morgan fingerprint density at radius 1 is 1.56 bits per heavy atom. The summed E-state index contributed by atoms with van der Waals surface area (Å²) in [6.45, 7) is 3.01. The molecule has 1 fully saturated rings. The molecular formula is C11H19F3N2OS. The Morgan fingerprint density at radius 3 is 2.72 bits per heavy atom. The van der Waals surface area contributed by atoms with Crippen molar-refractivity contribution in [1.82, 2.24) is 4.90 Å². The highest BCUT2D eigenvalue weighted by Crippen LogP contribution is 2.32. The zero-order chi connectivity index (χ0) is 13.8. The van der Waals surface area contributed by atoms with Crippen LogP contribution >= 0.6 is 11.8 Å². The van der Waals surface area contributed by atoms with E-state index in [0.717, 1.165) is 5.75 Å². The molecule has 1 aliphatic heterocycles. The minimum atomic E-state index is -4.34. The lowest BCUT2D eigenvalue weighted by Crippen LogP contribution is -2.43. The van der Waals surface area contributed by atoms with E-state index in [2.05, 4.69) is 0 Å². The Labute approximate surface area is 109 Å². The Hall–Kier alpha value is -0.430. The standard InChI is InChI=1S/C11H19F3N2OS/c1-8-7-16(4-5-18-8)10(17)6-9(2-3-15)11(12,13)14/h8-9H,2-7,15H2,1H3. The van der Waals surface area contributed by atoms with E-state index in [9.17, 15) is 18.0 Å². The number of carbonyl (C=O) groups excluding carboxylic acids is 1. The number of hydrogen-bond donors (Lipinski definition) is 1.